The lowest BCUT2D eigenvalue weighted by Gasteiger charge is -2.52. The lowest BCUT2D eigenvalue weighted by Crippen LogP contribution is -2.71. The van der Waals surface area contributed by atoms with Crippen LogP contribution in [0.15, 0.2) is 0 Å². The molecular weight excluding hydrogens is 1540 g/mol. The molecule has 45 atom stereocenters. The molecule has 9 saturated heterocycles. The molecule has 0 aromatic rings. The zero-order valence-corrected chi connectivity index (χ0v) is 60.1. The Bertz CT molecular complexity index is 2970. The summed E-state index contributed by atoms with van der Waals surface area (Å²) in [6.07, 6.45) is -87.6. The van der Waals surface area contributed by atoms with Crippen molar-refractivity contribution in [1.82, 2.24) is 21.3 Å². The predicted octanol–water partition coefficient (Wildman–Crippen LogP) is -20.1. The molecule has 50 heteroatoms. The Kier molecular flexibility index (Phi) is 33.1. The van der Waals surface area contributed by atoms with Gasteiger partial charge in [0.2, 0.25) is 23.6 Å². The molecule has 112 heavy (non-hydrogen) atoms. The third-order valence-electron chi connectivity index (χ3n) is 20.4. The molecule has 9 heterocycles. The standard InChI is InChI=1S/C62H104N4O46/c1-14(75)63-27-37(85)47(23(10-72)97-54(27)95)106-56-29(65-16(3)77)38(86)49(25(12-74)103-56)108-61-46(94)52(111-62-53(42(90)34(82)21(8-70)102-62)112-57-30(66-17(4)78)39(87)48(24(11-73)104-57)107-59-43(91)40(88)32(80)19(6-68)100-59)50(109-55-28(64-15(2)76)36(84)31(79)18(5-67)98-55)26(105-61)13-96-58-45(93)51(35(83)22(9-71)99-58)110-60-44(92)41(89)33(81)20(7-69)101-60/h18-62,67-74,79-95H,5-13H2,1-4H3,(H,63,75)(H,64,76)(H,65,77)(H,66,78)/t18-,19-,20-,21-,22-,23-,24-,25-,26-,27-,28-,29-,30-,31-,32+,33-,34-,35-,36-,37-,38-,39-,40+,41+,42+,43-,44+,45+,46+,47-,48-,49-,50-,51+,52-,53+,54?,55+,56+,57+,58+,59+,60-,61+,62-/m1/s1. The zero-order valence-electron chi connectivity index (χ0n) is 60.1. The quantitative estimate of drug-likeness (QED) is 0.0331. The van der Waals surface area contributed by atoms with Gasteiger partial charge < -0.3 is 229 Å². The number of aliphatic hydroxyl groups is 25. The van der Waals surface area contributed by atoms with Crippen LogP contribution in [0.1, 0.15) is 27.7 Å². The van der Waals surface area contributed by atoms with Gasteiger partial charge in [-0.25, -0.2) is 0 Å². The van der Waals surface area contributed by atoms with Crippen LogP contribution in [0.5, 0.6) is 0 Å². The topological polar surface area (TPSA) is 779 Å². The normalized spacial score (nSPS) is 48.9. The Balaban J connectivity index is 1.14. The van der Waals surface area contributed by atoms with Gasteiger partial charge in [-0.3, -0.25) is 19.2 Å². The van der Waals surface area contributed by atoms with E-state index in [0.29, 0.717) is 0 Å². The van der Waals surface area contributed by atoms with E-state index in [0.717, 1.165) is 27.7 Å². The summed E-state index contributed by atoms with van der Waals surface area (Å²) in [6.45, 7) is -6.43. The highest BCUT2D eigenvalue weighted by Crippen LogP contribution is 2.41. The molecule has 9 fully saturated rings. The van der Waals surface area contributed by atoms with Gasteiger partial charge in [0.1, 0.15) is 219 Å². The minimum Gasteiger partial charge on any atom is -0.394 e. The van der Waals surface area contributed by atoms with Gasteiger partial charge in [-0.05, 0) is 0 Å². The van der Waals surface area contributed by atoms with E-state index in [1.807, 2.05) is 0 Å². The summed E-state index contributed by atoms with van der Waals surface area (Å²) < 4.78 is 102. The minimum absolute atomic E-state index is 0.802. The van der Waals surface area contributed by atoms with Gasteiger partial charge in [0.05, 0.1) is 59.5 Å². The first-order chi connectivity index (χ1) is 53.0. The summed E-state index contributed by atoms with van der Waals surface area (Å²) in [5.74, 6) is -3.73. The molecule has 0 aromatic carbocycles. The maximum absolute atomic E-state index is 13.2. The molecule has 0 saturated carbocycles. The Morgan fingerprint density at radius 2 is 0.509 bits per heavy atom. The maximum Gasteiger partial charge on any atom is 0.217 e. The number of nitrogens with one attached hydrogen (secondary N) is 4. The molecule has 9 aliphatic heterocycles. The van der Waals surface area contributed by atoms with Crippen LogP contribution in [0.2, 0.25) is 0 Å². The first-order valence-electron chi connectivity index (χ1n) is 35.6. The summed E-state index contributed by atoms with van der Waals surface area (Å²) in [5.41, 5.74) is 0. The number of amides is 4. The second kappa shape index (κ2) is 40.3. The molecule has 0 bridgehead atoms. The summed E-state index contributed by atoms with van der Waals surface area (Å²) in [6, 6.07) is -7.63. The molecule has 648 valence electrons. The molecule has 1 unspecified atom stereocenters. The van der Waals surface area contributed by atoms with E-state index in [2.05, 4.69) is 21.3 Å². The largest absolute Gasteiger partial charge is 0.394 e. The summed E-state index contributed by atoms with van der Waals surface area (Å²) in [7, 11) is 0. The van der Waals surface area contributed by atoms with Crippen molar-refractivity contribution in [3.63, 3.8) is 0 Å². The van der Waals surface area contributed by atoms with E-state index >= 15 is 0 Å². The molecule has 0 aromatic heterocycles. The van der Waals surface area contributed by atoms with Gasteiger partial charge in [-0.1, -0.05) is 0 Å². The lowest BCUT2D eigenvalue weighted by atomic mass is 9.93. The number of ether oxygens (including phenoxy) is 17. The SMILES string of the molecule is CC(=O)N[C@H]1[C@H](O[C@H]2[C@H](O)[C@@H](NC(C)=O)C(O)O[C@@H]2CO)O[C@H](CO)[C@@H](O[C@@H]2O[C@H](CO[C@H]3O[C@H](CO)[C@@H](O)[C@H](O[C@H]4O[C@H](CO)[C@@H](O)[C@H](O)[C@@H]4O)[C@@H]3O)[C@@H](O[C@@H]3O[C@H](CO)[C@@H](O)[C@H](O)[C@H]3NC(C)=O)[C@H](O[C@H]3O[C@H](CO)[C@@H](O)[C@H](O)[C@@H]3O[C@@H]3O[C@H](CO)[C@@H](O[C@@H]4O[C@H](CO)[C@H](O)[C@H](O)[C@H]4O)[C@H](O)[C@H]3NC(C)=O)[C@@H]2O)[C@@H]1O. The summed E-state index contributed by atoms with van der Waals surface area (Å²) in [4.78, 5) is 51.4. The average molecular weight is 1640 g/mol. The van der Waals surface area contributed by atoms with E-state index in [9.17, 15) is 147 Å². The van der Waals surface area contributed by atoms with Crippen LogP contribution in [0, 0.1) is 0 Å². The highest BCUT2D eigenvalue weighted by Gasteiger charge is 2.62. The monoisotopic (exact) mass is 1640 g/mol. The second-order valence-electron chi connectivity index (χ2n) is 28.2. The molecule has 9 aliphatic rings. The molecule has 4 amide bonds. The van der Waals surface area contributed by atoms with Crippen LogP contribution in [-0.4, -0.2) is 487 Å². The first-order valence-corrected chi connectivity index (χ1v) is 35.6. The number of hydrogen-bond acceptors (Lipinski definition) is 46. The van der Waals surface area contributed by atoms with Crippen LogP contribution >= 0.6 is 0 Å². The van der Waals surface area contributed by atoms with Crippen LogP contribution in [0.25, 0.3) is 0 Å². The van der Waals surface area contributed by atoms with Gasteiger partial charge in [0.15, 0.2) is 56.6 Å². The number of carbonyl (C=O) groups excluding carboxylic acids is 4. The molecular formula is C62H104N4O46. The molecule has 0 radical (unpaired) electrons. The van der Waals surface area contributed by atoms with E-state index in [1.165, 1.54) is 0 Å². The third-order valence-corrected chi connectivity index (χ3v) is 20.4. The van der Waals surface area contributed by atoms with Crippen LogP contribution in [-0.2, 0) is 99.7 Å². The third kappa shape index (κ3) is 20.2. The number of rotatable bonds is 29. The van der Waals surface area contributed by atoms with Gasteiger partial charge in [0.25, 0.3) is 0 Å². The van der Waals surface area contributed by atoms with E-state index < -0.39 is 359 Å². The predicted molar refractivity (Wildman–Crippen MR) is 343 cm³/mol. The zero-order chi connectivity index (χ0) is 82.5. The summed E-state index contributed by atoms with van der Waals surface area (Å²) in [5, 5.41) is 288. The van der Waals surface area contributed by atoms with Crippen molar-refractivity contribution in [2.24, 2.45) is 0 Å². The molecule has 50 nitrogen and oxygen atoms in total. The van der Waals surface area contributed by atoms with Crippen molar-refractivity contribution in [2.45, 2.75) is 304 Å². The van der Waals surface area contributed by atoms with Gasteiger partial charge in [0, 0.05) is 27.7 Å². The van der Waals surface area contributed by atoms with Crippen molar-refractivity contribution >= 4 is 23.6 Å². The highest BCUT2D eigenvalue weighted by atomic mass is 16.8. The summed E-state index contributed by atoms with van der Waals surface area (Å²) >= 11 is 0. The Morgan fingerprint density at radius 1 is 0.232 bits per heavy atom. The van der Waals surface area contributed by atoms with E-state index in [4.69, 9.17) is 80.5 Å². The first kappa shape index (κ1) is 92.1. The molecule has 0 aliphatic carbocycles. The van der Waals surface area contributed by atoms with Crippen molar-refractivity contribution in [3.05, 3.63) is 0 Å². The Hall–Kier alpha value is -3.80. The maximum atomic E-state index is 13.2. The van der Waals surface area contributed by atoms with Gasteiger partial charge in [-0.2, -0.15) is 0 Å². The van der Waals surface area contributed by atoms with Crippen LogP contribution in [0.3, 0.4) is 0 Å². The van der Waals surface area contributed by atoms with E-state index in [1.54, 1.807) is 0 Å². The molecule has 0 spiro atoms. The molecule has 29 N–H and O–H groups in total. The number of carbonyl (C=O) groups is 4. The van der Waals surface area contributed by atoms with Gasteiger partial charge in [-0.15, -0.1) is 0 Å². The Labute approximate surface area is 634 Å². The fourth-order valence-corrected chi connectivity index (χ4v) is 14.5. The van der Waals surface area contributed by atoms with Gasteiger partial charge >= 0.3 is 0 Å². The number of hydrogen-bond donors (Lipinski definition) is 29. The lowest BCUT2D eigenvalue weighted by molar-refractivity contribution is -0.408. The van der Waals surface area contributed by atoms with E-state index in [-0.39, 0.29) is 0 Å². The van der Waals surface area contributed by atoms with Crippen LogP contribution in [0.4, 0.5) is 0 Å². The van der Waals surface area contributed by atoms with Crippen molar-refractivity contribution in [1.29, 1.82) is 0 Å². The van der Waals surface area contributed by atoms with Crippen molar-refractivity contribution in [3.8, 4) is 0 Å². The van der Waals surface area contributed by atoms with Crippen molar-refractivity contribution in [2.75, 3.05) is 59.5 Å². The molecule has 9 rings (SSSR count). The van der Waals surface area contributed by atoms with Crippen LogP contribution < -0.4 is 21.3 Å². The minimum atomic E-state index is -2.70. The van der Waals surface area contributed by atoms with Crippen molar-refractivity contribution < 1.29 is 227 Å². The fraction of sp³-hybridized carbons (Fsp3) is 0.935. The highest BCUT2D eigenvalue weighted by molar-refractivity contribution is 5.74. The smallest absolute Gasteiger partial charge is 0.217 e. The fourth-order valence-electron chi connectivity index (χ4n) is 14.5. The average Bonchev–Trinajstić information content (AvgIpc) is 0.761. The second-order valence-corrected chi connectivity index (χ2v) is 28.2. The number of aliphatic hydroxyl groups excluding tert-OH is 25. The Morgan fingerprint density at radius 3 is 0.938 bits per heavy atom.